The largest absolute Gasteiger partial charge is 0.382 e. The third kappa shape index (κ3) is 3.12. The zero-order valence-corrected chi connectivity index (χ0v) is 27.4. The van der Waals surface area contributed by atoms with Crippen molar-refractivity contribution in [3.8, 4) is 0 Å². The Morgan fingerprint density at radius 1 is 0.952 bits per heavy atom. The number of carbonyl (C=O) groups excluding carboxylic acids is 2. The molecule has 1 unspecified atom stereocenters. The molecule has 4 fully saturated rings. The van der Waals surface area contributed by atoms with Gasteiger partial charge in [-0.25, -0.2) is 0 Å². The maximum absolute atomic E-state index is 13.4. The number of hydrogen-bond donors (Lipinski definition) is 2. The number of pyridine rings is 1. The van der Waals surface area contributed by atoms with Crippen LogP contribution < -0.4 is 5.32 Å². The fourth-order valence-corrected chi connectivity index (χ4v) is 13.0. The van der Waals surface area contributed by atoms with Crippen LogP contribution in [0.15, 0.2) is 23.4 Å². The SMILES string of the molecule is Cc1cnc2c(c1)[C@]1(O)C(C[C@]3(C)[C@H]4CC[C@@H]5C6=C(C(C)C)C(=O)C[C@]6(C)CC[C@@]5(C)[C@]4(C)CC[C@H]3C1(C)C)NC2=O. The number of amides is 1. The van der Waals surface area contributed by atoms with Gasteiger partial charge in [0.25, 0.3) is 5.91 Å². The maximum Gasteiger partial charge on any atom is 0.270 e. The zero-order chi connectivity index (χ0) is 30.4. The van der Waals surface area contributed by atoms with Crippen LogP contribution in [0, 0.1) is 57.7 Å². The Balaban J connectivity index is 1.33. The highest BCUT2D eigenvalue weighted by molar-refractivity contribution is 6.00. The molecule has 9 atom stereocenters. The standard InChI is InChI=1S/C37H52N2O3/c1-20(2)28-24(40)17-33(6)14-15-35(8)22(29(28)33)10-11-26-34(7)18-27-37(42,32(4,5)25(34)12-13-36(26,35)9)23-16-21(3)19-38-30(23)31(41)39-27/h16,19-20,22,25-27,42H,10-15,17-18H2,1-9H3,(H,39,41)/t22-,25+,26-,27?,33+,34+,35-,36-,37+/m1/s1. The van der Waals surface area contributed by atoms with E-state index in [0.717, 1.165) is 55.2 Å². The first kappa shape index (κ1) is 28.7. The molecule has 1 aromatic heterocycles. The number of fused-ring (bicyclic) bond motifs is 10. The van der Waals surface area contributed by atoms with Gasteiger partial charge in [0.15, 0.2) is 5.78 Å². The second-order valence-corrected chi connectivity index (χ2v) is 17.4. The summed E-state index contributed by atoms with van der Waals surface area (Å²) in [5.41, 5.74) is 3.42. The van der Waals surface area contributed by atoms with Gasteiger partial charge >= 0.3 is 0 Å². The third-order valence-corrected chi connectivity index (χ3v) is 15.0. The van der Waals surface area contributed by atoms with Crippen molar-refractivity contribution >= 4 is 11.7 Å². The molecule has 7 rings (SSSR count). The molecular formula is C37H52N2O3. The van der Waals surface area contributed by atoms with Gasteiger partial charge in [0.1, 0.15) is 11.3 Å². The van der Waals surface area contributed by atoms with Crippen molar-refractivity contribution in [1.82, 2.24) is 10.3 Å². The van der Waals surface area contributed by atoms with Crippen molar-refractivity contribution in [2.75, 3.05) is 0 Å². The van der Waals surface area contributed by atoms with Crippen LogP contribution in [0.2, 0.25) is 0 Å². The van der Waals surface area contributed by atoms with Gasteiger partial charge in [0.2, 0.25) is 0 Å². The molecule has 1 aliphatic heterocycles. The van der Waals surface area contributed by atoms with Crippen LogP contribution in [0.25, 0.3) is 0 Å². The molecule has 228 valence electrons. The van der Waals surface area contributed by atoms with E-state index < -0.39 is 11.0 Å². The number of aromatic nitrogens is 1. The molecule has 1 aromatic rings. The highest BCUT2D eigenvalue weighted by Crippen LogP contribution is 2.78. The number of nitrogens with zero attached hydrogens (tertiary/aromatic N) is 1. The molecule has 4 saturated carbocycles. The Morgan fingerprint density at radius 2 is 1.67 bits per heavy atom. The number of aliphatic hydroxyl groups is 1. The molecule has 0 aromatic carbocycles. The van der Waals surface area contributed by atoms with E-state index in [2.05, 4.69) is 65.7 Å². The number of aryl methyl sites for hydroxylation is 1. The molecule has 6 aliphatic rings. The lowest BCUT2D eigenvalue weighted by Gasteiger charge is -2.74. The predicted molar refractivity (Wildman–Crippen MR) is 165 cm³/mol. The Hall–Kier alpha value is -2.01. The van der Waals surface area contributed by atoms with Crippen molar-refractivity contribution in [2.24, 2.45) is 50.7 Å². The first-order chi connectivity index (χ1) is 19.5. The molecule has 5 aliphatic carbocycles. The van der Waals surface area contributed by atoms with Crippen LogP contribution in [-0.2, 0) is 10.4 Å². The molecule has 1 amide bonds. The van der Waals surface area contributed by atoms with Gasteiger partial charge in [-0.2, -0.15) is 0 Å². The number of carbonyl (C=O) groups is 2. The van der Waals surface area contributed by atoms with E-state index in [1.165, 1.54) is 12.0 Å². The van der Waals surface area contributed by atoms with E-state index in [1.807, 2.05) is 13.0 Å². The van der Waals surface area contributed by atoms with Crippen LogP contribution in [0.4, 0.5) is 0 Å². The van der Waals surface area contributed by atoms with Gasteiger partial charge in [0, 0.05) is 23.6 Å². The van der Waals surface area contributed by atoms with E-state index in [1.54, 1.807) is 6.20 Å². The van der Waals surface area contributed by atoms with Crippen LogP contribution in [0.5, 0.6) is 0 Å². The molecule has 0 spiro atoms. The second-order valence-electron chi connectivity index (χ2n) is 17.4. The topological polar surface area (TPSA) is 79.3 Å². The molecule has 2 N–H and O–H groups in total. The second kappa shape index (κ2) is 8.37. The summed E-state index contributed by atoms with van der Waals surface area (Å²) in [5, 5.41) is 16.1. The number of ketones is 1. The summed E-state index contributed by atoms with van der Waals surface area (Å²) in [6.45, 7) is 21.0. The molecule has 0 bridgehead atoms. The summed E-state index contributed by atoms with van der Waals surface area (Å²) in [4.78, 5) is 31.3. The monoisotopic (exact) mass is 572 g/mol. The normalized spacial score (nSPS) is 47.1. The lowest BCUT2D eigenvalue weighted by Crippen LogP contribution is -2.73. The lowest BCUT2D eigenvalue weighted by atomic mass is 9.31. The van der Waals surface area contributed by atoms with E-state index >= 15 is 0 Å². The van der Waals surface area contributed by atoms with Crippen molar-refractivity contribution in [3.05, 3.63) is 40.2 Å². The Bertz CT molecular complexity index is 1440. The summed E-state index contributed by atoms with van der Waals surface area (Å²) < 4.78 is 0. The van der Waals surface area contributed by atoms with Crippen LogP contribution in [0.1, 0.15) is 128 Å². The molecule has 5 heteroatoms. The zero-order valence-electron chi connectivity index (χ0n) is 27.4. The van der Waals surface area contributed by atoms with Gasteiger partial charge < -0.3 is 10.4 Å². The van der Waals surface area contributed by atoms with Crippen molar-refractivity contribution in [1.29, 1.82) is 0 Å². The number of allylic oxidation sites excluding steroid dienone is 2. The number of rotatable bonds is 1. The van der Waals surface area contributed by atoms with Gasteiger partial charge in [0.05, 0.1) is 6.04 Å². The van der Waals surface area contributed by atoms with E-state index in [4.69, 9.17) is 0 Å². The van der Waals surface area contributed by atoms with Crippen LogP contribution in [-0.4, -0.2) is 27.8 Å². The van der Waals surface area contributed by atoms with E-state index in [9.17, 15) is 14.7 Å². The Kier molecular flexibility index (Phi) is 5.73. The third-order valence-electron chi connectivity index (χ3n) is 15.0. The predicted octanol–water partition coefficient (Wildman–Crippen LogP) is 7.30. The Labute approximate surface area is 252 Å². The van der Waals surface area contributed by atoms with Gasteiger partial charge in [-0.1, -0.05) is 61.0 Å². The molecule has 5 nitrogen and oxygen atoms in total. The summed E-state index contributed by atoms with van der Waals surface area (Å²) in [6, 6.07) is 1.67. The number of Topliss-reactive ketones (excluding diaryl/α,β-unsaturated/α-hetero) is 1. The summed E-state index contributed by atoms with van der Waals surface area (Å²) in [5.74, 6) is 1.81. The fourth-order valence-electron chi connectivity index (χ4n) is 13.0. The quantitative estimate of drug-likeness (QED) is 0.370. The summed E-state index contributed by atoms with van der Waals surface area (Å²) >= 11 is 0. The highest BCUT2D eigenvalue weighted by atomic mass is 16.3. The fraction of sp³-hybridized carbons (Fsp3) is 0.757. The summed E-state index contributed by atoms with van der Waals surface area (Å²) in [6.07, 6.45) is 10.0. The van der Waals surface area contributed by atoms with E-state index in [-0.39, 0.29) is 39.5 Å². The number of nitrogens with one attached hydrogen (secondary N) is 1. The van der Waals surface area contributed by atoms with Crippen molar-refractivity contribution in [3.63, 3.8) is 0 Å². The van der Waals surface area contributed by atoms with Gasteiger partial charge in [-0.05, 0) is 114 Å². The van der Waals surface area contributed by atoms with Crippen LogP contribution >= 0.6 is 0 Å². The highest BCUT2D eigenvalue weighted by Gasteiger charge is 2.73. The molecule has 42 heavy (non-hydrogen) atoms. The minimum Gasteiger partial charge on any atom is -0.382 e. The van der Waals surface area contributed by atoms with Gasteiger partial charge in [-0.15, -0.1) is 0 Å². The average molecular weight is 573 g/mol. The summed E-state index contributed by atoms with van der Waals surface area (Å²) in [7, 11) is 0. The van der Waals surface area contributed by atoms with Crippen LogP contribution in [0.3, 0.4) is 0 Å². The lowest BCUT2D eigenvalue weighted by molar-refractivity contribution is -0.264. The number of hydrogen-bond acceptors (Lipinski definition) is 4. The van der Waals surface area contributed by atoms with Gasteiger partial charge in [-0.3, -0.25) is 14.6 Å². The first-order valence-electron chi connectivity index (χ1n) is 16.7. The molecule has 0 radical (unpaired) electrons. The van der Waals surface area contributed by atoms with Crippen molar-refractivity contribution in [2.45, 2.75) is 125 Å². The first-order valence-corrected chi connectivity index (χ1v) is 16.7. The molecule has 0 saturated heterocycles. The minimum atomic E-state index is -1.16. The minimum absolute atomic E-state index is 0.0229. The maximum atomic E-state index is 13.4. The molecular weight excluding hydrogens is 520 g/mol. The smallest absolute Gasteiger partial charge is 0.270 e. The average Bonchev–Trinajstić information content (AvgIpc) is 3.17. The molecule has 2 heterocycles. The Morgan fingerprint density at radius 3 is 2.36 bits per heavy atom. The van der Waals surface area contributed by atoms with E-state index in [0.29, 0.717) is 35.7 Å². The van der Waals surface area contributed by atoms with Crippen molar-refractivity contribution < 1.29 is 14.7 Å².